The van der Waals surface area contributed by atoms with Crippen molar-refractivity contribution in [2.75, 3.05) is 13.1 Å². The zero-order chi connectivity index (χ0) is 15.2. The molecule has 0 unspecified atom stereocenters. The van der Waals surface area contributed by atoms with Gasteiger partial charge in [0.1, 0.15) is 17.6 Å². The van der Waals surface area contributed by atoms with Crippen LogP contribution in [-0.2, 0) is 4.79 Å². The van der Waals surface area contributed by atoms with E-state index in [0.717, 1.165) is 25.1 Å². The largest absolute Gasteiger partial charge is 0.488 e. The van der Waals surface area contributed by atoms with Gasteiger partial charge in [-0.2, -0.15) is 0 Å². The summed E-state index contributed by atoms with van der Waals surface area (Å²) in [6.07, 6.45) is 10.1. The van der Waals surface area contributed by atoms with Gasteiger partial charge in [0.2, 0.25) is 5.91 Å². The third kappa shape index (κ3) is 3.75. The number of rotatable bonds is 4. The van der Waals surface area contributed by atoms with Gasteiger partial charge in [-0.15, -0.1) is 0 Å². The first-order valence-corrected chi connectivity index (χ1v) is 7.38. The van der Waals surface area contributed by atoms with Crippen LogP contribution < -0.4 is 4.74 Å². The number of aromatic nitrogens is 1. The fourth-order valence-electron chi connectivity index (χ4n) is 2.49. The molecule has 0 aromatic carbocycles. The summed E-state index contributed by atoms with van der Waals surface area (Å²) in [6.45, 7) is 1.36. The molecule has 1 saturated heterocycles. The van der Waals surface area contributed by atoms with Crippen molar-refractivity contribution in [1.29, 1.82) is 0 Å². The number of piperidine rings is 1. The predicted molar refractivity (Wildman–Crippen MR) is 82.2 cm³/mol. The number of furan rings is 1. The topological polar surface area (TPSA) is 55.6 Å². The highest BCUT2D eigenvalue weighted by Crippen LogP contribution is 2.18. The standard InChI is InChI=1S/C17H18N2O3/c20-17(6-5-14-4-2-12-21-14)19-11-1-3-16(13-19)22-15-7-9-18-10-8-15/h2,4-10,12,16H,1,3,11,13H2/b6-5+/t16-/m0/s1. The summed E-state index contributed by atoms with van der Waals surface area (Å²) in [7, 11) is 0. The molecule has 1 aliphatic rings. The molecule has 1 atom stereocenters. The molecule has 2 aromatic heterocycles. The van der Waals surface area contributed by atoms with Gasteiger partial charge in [0.05, 0.1) is 12.8 Å². The number of pyridine rings is 1. The number of likely N-dealkylation sites (tertiary alicyclic amines) is 1. The minimum atomic E-state index is -0.0144. The highest BCUT2D eigenvalue weighted by Gasteiger charge is 2.23. The van der Waals surface area contributed by atoms with Gasteiger partial charge in [-0.25, -0.2) is 0 Å². The van der Waals surface area contributed by atoms with E-state index < -0.39 is 0 Å². The van der Waals surface area contributed by atoms with Gasteiger partial charge >= 0.3 is 0 Å². The first-order valence-electron chi connectivity index (χ1n) is 7.38. The van der Waals surface area contributed by atoms with Crippen molar-refractivity contribution in [1.82, 2.24) is 9.88 Å². The Bertz CT molecular complexity index is 623. The van der Waals surface area contributed by atoms with Crippen LogP contribution in [0, 0.1) is 0 Å². The lowest BCUT2D eigenvalue weighted by Gasteiger charge is -2.32. The van der Waals surface area contributed by atoms with E-state index in [9.17, 15) is 4.79 Å². The van der Waals surface area contributed by atoms with Crippen LogP contribution in [0.15, 0.2) is 53.4 Å². The molecule has 3 heterocycles. The molecule has 0 aliphatic carbocycles. The lowest BCUT2D eigenvalue weighted by atomic mass is 10.1. The molecule has 3 rings (SSSR count). The molecule has 5 nitrogen and oxygen atoms in total. The lowest BCUT2D eigenvalue weighted by Crippen LogP contribution is -2.43. The summed E-state index contributed by atoms with van der Waals surface area (Å²) in [5.41, 5.74) is 0. The summed E-state index contributed by atoms with van der Waals surface area (Å²) in [6, 6.07) is 7.27. The Kier molecular flexibility index (Phi) is 4.53. The maximum absolute atomic E-state index is 12.2. The number of nitrogens with zero attached hydrogens (tertiary/aromatic N) is 2. The highest BCUT2D eigenvalue weighted by atomic mass is 16.5. The first kappa shape index (κ1) is 14.4. The van der Waals surface area contributed by atoms with E-state index in [-0.39, 0.29) is 12.0 Å². The number of amides is 1. The number of carbonyl (C=O) groups excluding carboxylic acids is 1. The van der Waals surface area contributed by atoms with Crippen LogP contribution in [0.2, 0.25) is 0 Å². The third-order valence-corrected chi connectivity index (χ3v) is 3.58. The molecule has 0 saturated carbocycles. The number of carbonyl (C=O) groups is 1. The van der Waals surface area contributed by atoms with Crippen LogP contribution in [0.3, 0.4) is 0 Å². The van der Waals surface area contributed by atoms with E-state index in [2.05, 4.69) is 4.98 Å². The third-order valence-electron chi connectivity index (χ3n) is 3.58. The Hall–Kier alpha value is -2.56. The molecule has 114 valence electrons. The van der Waals surface area contributed by atoms with Crippen LogP contribution in [0.1, 0.15) is 18.6 Å². The van der Waals surface area contributed by atoms with Crippen molar-refractivity contribution in [3.05, 3.63) is 54.8 Å². The van der Waals surface area contributed by atoms with Gasteiger partial charge in [0.25, 0.3) is 0 Å². The molecular weight excluding hydrogens is 280 g/mol. The monoisotopic (exact) mass is 298 g/mol. The Balaban J connectivity index is 1.57. The van der Waals surface area contributed by atoms with E-state index in [1.54, 1.807) is 36.9 Å². The van der Waals surface area contributed by atoms with Gasteiger partial charge < -0.3 is 14.1 Å². The van der Waals surface area contributed by atoms with E-state index >= 15 is 0 Å². The normalized spacial score (nSPS) is 18.5. The summed E-state index contributed by atoms with van der Waals surface area (Å²) in [4.78, 5) is 18.0. The van der Waals surface area contributed by atoms with Crippen molar-refractivity contribution >= 4 is 12.0 Å². The van der Waals surface area contributed by atoms with Gasteiger partial charge in [-0.3, -0.25) is 9.78 Å². The van der Waals surface area contributed by atoms with Crippen LogP contribution in [0.4, 0.5) is 0 Å². The van der Waals surface area contributed by atoms with Crippen LogP contribution >= 0.6 is 0 Å². The second kappa shape index (κ2) is 6.93. The average molecular weight is 298 g/mol. The number of hydrogen-bond donors (Lipinski definition) is 0. The van der Waals surface area contributed by atoms with Crippen LogP contribution in [-0.4, -0.2) is 35.0 Å². The van der Waals surface area contributed by atoms with Crippen molar-refractivity contribution in [2.45, 2.75) is 18.9 Å². The molecular formula is C17H18N2O3. The van der Waals surface area contributed by atoms with E-state index in [1.165, 1.54) is 0 Å². The fourth-order valence-corrected chi connectivity index (χ4v) is 2.49. The molecule has 0 radical (unpaired) electrons. The van der Waals surface area contributed by atoms with Gasteiger partial charge in [0.15, 0.2) is 0 Å². The maximum Gasteiger partial charge on any atom is 0.246 e. The molecule has 1 fully saturated rings. The van der Waals surface area contributed by atoms with E-state index in [4.69, 9.17) is 9.15 Å². The Morgan fingerprint density at radius 1 is 1.36 bits per heavy atom. The zero-order valence-electron chi connectivity index (χ0n) is 12.2. The summed E-state index contributed by atoms with van der Waals surface area (Å²) in [5.74, 6) is 1.45. The quantitative estimate of drug-likeness (QED) is 0.814. The second-order valence-electron chi connectivity index (χ2n) is 5.20. The van der Waals surface area contributed by atoms with E-state index in [1.807, 2.05) is 23.1 Å². The smallest absolute Gasteiger partial charge is 0.246 e. The van der Waals surface area contributed by atoms with Gasteiger partial charge in [-0.1, -0.05) is 0 Å². The summed E-state index contributed by atoms with van der Waals surface area (Å²) < 4.78 is 11.1. The van der Waals surface area contributed by atoms with Gasteiger partial charge in [0, 0.05) is 25.0 Å². The lowest BCUT2D eigenvalue weighted by molar-refractivity contribution is -0.128. The summed E-state index contributed by atoms with van der Waals surface area (Å²) >= 11 is 0. The van der Waals surface area contributed by atoms with E-state index in [0.29, 0.717) is 12.3 Å². The SMILES string of the molecule is O=C(/C=C/c1ccco1)N1CCC[C@H](Oc2ccncc2)C1. The van der Waals surface area contributed by atoms with Gasteiger partial charge in [-0.05, 0) is 43.2 Å². The maximum atomic E-state index is 12.2. The Labute approximate surface area is 129 Å². The molecule has 0 N–H and O–H groups in total. The highest BCUT2D eigenvalue weighted by molar-refractivity contribution is 5.91. The molecule has 0 bridgehead atoms. The van der Waals surface area contributed by atoms with Crippen molar-refractivity contribution in [3.8, 4) is 5.75 Å². The minimum Gasteiger partial charge on any atom is -0.488 e. The first-order chi connectivity index (χ1) is 10.8. The Morgan fingerprint density at radius 2 is 2.23 bits per heavy atom. The second-order valence-corrected chi connectivity index (χ2v) is 5.20. The average Bonchev–Trinajstić information content (AvgIpc) is 3.07. The minimum absolute atomic E-state index is 0.0144. The number of hydrogen-bond acceptors (Lipinski definition) is 4. The molecule has 2 aromatic rings. The molecule has 0 spiro atoms. The fraction of sp³-hybridized carbons (Fsp3) is 0.294. The van der Waals surface area contributed by atoms with Crippen molar-refractivity contribution < 1.29 is 13.9 Å². The summed E-state index contributed by atoms with van der Waals surface area (Å²) in [5, 5.41) is 0. The molecule has 1 aliphatic heterocycles. The molecule has 22 heavy (non-hydrogen) atoms. The molecule has 1 amide bonds. The number of ether oxygens (including phenoxy) is 1. The van der Waals surface area contributed by atoms with Crippen LogP contribution in [0.25, 0.3) is 6.08 Å². The van der Waals surface area contributed by atoms with Crippen molar-refractivity contribution in [2.24, 2.45) is 0 Å². The predicted octanol–water partition coefficient (Wildman–Crippen LogP) is 2.76. The Morgan fingerprint density at radius 3 is 3.00 bits per heavy atom. The van der Waals surface area contributed by atoms with Crippen LogP contribution in [0.5, 0.6) is 5.75 Å². The zero-order valence-corrected chi connectivity index (χ0v) is 12.2. The molecule has 5 heteroatoms. The van der Waals surface area contributed by atoms with Crippen molar-refractivity contribution in [3.63, 3.8) is 0 Å².